The highest BCUT2D eigenvalue weighted by atomic mass is 14.8. The van der Waals surface area contributed by atoms with Crippen molar-refractivity contribution < 1.29 is 0 Å². The number of unbranched alkanes of at least 4 members (excludes halogenated alkanes) is 1. The van der Waals surface area contributed by atoms with Gasteiger partial charge in [0.15, 0.2) is 0 Å². The van der Waals surface area contributed by atoms with E-state index in [-0.39, 0.29) is 5.54 Å². The molecule has 10 heavy (non-hydrogen) atoms. The fraction of sp³-hybridized carbons (Fsp3) is 0.750. The minimum Gasteiger partial charge on any atom is -0.292 e. The van der Waals surface area contributed by atoms with E-state index in [0.29, 0.717) is 6.42 Å². The van der Waals surface area contributed by atoms with E-state index in [0.717, 1.165) is 6.42 Å². The Kier molecular flexibility index (Phi) is 3.71. The van der Waals surface area contributed by atoms with E-state index in [1.165, 1.54) is 0 Å². The monoisotopic (exact) mass is 138 g/mol. The first-order chi connectivity index (χ1) is 4.56. The van der Waals surface area contributed by atoms with Crippen LogP contribution in [-0.2, 0) is 0 Å². The largest absolute Gasteiger partial charge is 0.292 e. The van der Waals surface area contributed by atoms with Gasteiger partial charge in [0.2, 0.25) is 0 Å². The SMILES string of the molecule is CC(C)(C)/N=C\CCC#N. The molecular weight excluding hydrogens is 124 g/mol. The number of hydrogen-bond acceptors (Lipinski definition) is 2. The van der Waals surface area contributed by atoms with Crippen LogP contribution in [0.25, 0.3) is 0 Å². The zero-order valence-corrected chi connectivity index (χ0v) is 6.89. The molecule has 0 aromatic rings. The van der Waals surface area contributed by atoms with Crippen LogP contribution in [0.3, 0.4) is 0 Å². The van der Waals surface area contributed by atoms with Crippen molar-refractivity contribution in [2.24, 2.45) is 4.99 Å². The summed E-state index contributed by atoms with van der Waals surface area (Å²) in [6.07, 6.45) is 3.16. The molecule has 0 heterocycles. The lowest BCUT2D eigenvalue weighted by Crippen LogP contribution is -2.09. The summed E-state index contributed by atoms with van der Waals surface area (Å²) in [6.45, 7) is 6.11. The molecule has 2 nitrogen and oxygen atoms in total. The van der Waals surface area contributed by atoms with Gasteiger partial charge in [0.05, 0.1) is 11.6 Å². The lowest BCUT2D eigenvalue weighted by atomic mass is 10.1. The van der Waals surface area contributed by atoms with Crippen LogP contribution in [0.2, 0.25) is 0 Å². The third kappa shape index (κ3) is 7.16. The number of nitrogens with zero attached hydrogens (tertiary/aromatic N) is 2. The Labute approximate surface area is 62.6 Å². The van der Waals surface area contributed by atoms with Crippen molar-refractivity contribution in [3.63, 3.8) is 0 Å². The summed E-state index contributed by atoms with van der Waals surface area (Å²) in [5.41, 5.74) is 0.00938. The van der Waals surface area contributed by atoms with Crippen LogP contribution < -0.4 is 0 Å². The fourth-order valence-corrected chi connectivity index (χ4v) is 0.468. The Morgan fingerprint density at radius 2 is 2.10 bits per heavy atom. The van der Waals surface area contributed by atoms with Crippen LogP contribution in [0.1, 0.15) is 33.6 Å². The van der Waals surface area contributed by atoms with E-state index < -0.39 is 0 Å². The van der Waals surface area contributed by atoms with Gasteiger partial charge in [0.1, 0.15) is 0 Å². The van der Waals surface area contributed by atoms with Crippen molar-refractivity contribution in [1.82, 2.24) is 0 Å². The molecule has 2 heteroatoms. The lowest BCUT2D eigenvalue weighted by molar-refractivity contribution is 0.585. The maximum absolute atomic E-state index is 8.18. The van der Waals surface area contributed by atoms with Crippen molar-refractivity contribution >= 4 is 6.21 Å². The van der Waals surface area contributed by atoms with Gasteiger partial charge < -0.3 is 0 Å². The second kappa shape index (κ2) is 4.05. The van der Waals surface area contributed by atoms with Gasteiger partial charge in [-0.1, -0.05) is 0 Å². The molecule has 0 aliphatic rings. The van der Waals surface area contributed by atoms with E-state index in [2.05, 4.69) is 11.1 Å². The summed E-state index contributed by atoms with van der Waals surface area (Å²) in [6, 6.07) is 2.06. The van der Waals surface area contributed by atoms with Gasteiger partial charge in [-0.3, -0.25) is 4.99 Å². The minimum absolute atomic E-state index is 0.00938. The normalized spacial score (nSPS) is 11.8. The summed E-state index contributed by atoms with van der Waals surface area (Å²) in [7, 11) is 0. The van der Waals surface area contributed by atoms with Crippen molar-refractivity contribution in [2.45, 2.75) is 39.2 Å². The highest BCUT2D eigenvalue weighted by molar-refractivity contribution is 5.58. The van der Waals surface area contributed by atoms with Crippen molar-refractivity contribution in [3.05, 3.63) is 0 Å². The molecule has 0 atom stereocenters. The van der Waals surface area contributed by atoms with Gasteiger partial charge >= 0.3 is 0 Å². The molecular formula is C8H14N2. The smallest absolute Gasteiger partial charge is 0.0625 e. The topological polar surface area (TPSA) is 36.1 Å². The molecule has 0 saturated heterocycles. The van der Waals surface area contributed by atoms with E-state index in [1.54, 1.807) is 0 Å². The molecule has 0 radical (unpaired) electrons. The van der Waals surface area contributed by atoms with Gasteiger partial charge in [0, 0.05) is 12.6 Å². The molecule has 56 valence electrons. The summed E-state index contributed by atoms with van der Waals surface area (Å²) in [5, 5.41) is 8.18. The number of rotatable bonds is 2. The molecule has 0 saturated carbocycles. The maximum Gasteiger partial charge on any atom is 0.0625 e. The van der Waals surface area contributed by atoms with Crippen LogP contribution in [0.5, 0.6) is 0 Å². The first-order valence-corrected chi connectivity index (χ1v) is 3.47. The van der Waals surface area contributed by atoms with Crippen LogP contribution in [0, 0.1) is 11.3 Å². The van der Waals surface area contributed by atoms with Crippen LogP contribution >= 0.6 is 0 Å². The highest BCUT2D eigenvalue weighted by Gasteiger charge is 2.03. The Bertz CT molecular complexity index is 146. The number of nitriles is 1. The predicted octanol–water partition coefficient (Wildman–Crippen LogP) is 2.16. The van der Waals surface area contributed by atoms with Crippen molar-refractivity contribution in [2.75, 3.05) is 0 Å². The fourth-order valence-electron chi connectivity index (χ4n) is 0.468. The predicted molar refractivity (Wildman–Crippen MR) is 43.1 cm³/mol. The van der Waals surface area contributed by atoms with E-state index in [1.807, 2.05) is 27.0 Å². The second-order valence-corrected chi connectivity index (χ2v) is 3.18. The van der Waals surface area contributed by atoms with Crippen LogP contribution in [0.15, 0.2) is 4.99 Å². The van der Waals surface area contributed by atoms with E-state index in [9.17, 15) is 0 Å². The zero-order chi connectivity index (χ0) is 8.04. The molecule has 0 spiro atoms. The quantitative estimate of drug-likeness (QED) is 0.425. The molecule has 0 bridgehead atoms. The zero-order valence-electron chi connectivity index (χ0n) is 6.89. The summed E-state index contributed by atoms with van der Waals surface area (Å²) in [5.74, 6) is 0. The number of hydrogen-bond donors (Lipinski definition) is 0. The summed E-state index contributed by atoms with van der Waals surface area (Å²) < 4.78 is 0. The second-order valence-electron chi connectivity index (χ2n) is 3.18. The molecule has 0 rings (SSSR count). The minimum atomic E-state index is 0.00938. The average molecular weight is 138 g/mol. The number of aliphatic imine (C=N–C) groups is 1. The molecule has 0 N–H and O–H groups in total. The van der Waals surface area contributed by atoms with E-state index >= 15 is 0 Å². The third-order valence-corrected chi connectivity index (χ3v) is 0.864. The first kappa shape index (κ1) is 9.16. The molecule has 0 unspecified atom stereocenters. The highest BCUT2D eigenvalue weighted by Crippen LogP contribution is 2.04. The van der Waals surface area contributed by atoms with Gasteiger partial charge in [-0.05, 0) is 27.2 Å². The van der Waals surface area contributed by atoms with Gasteiger partial charge in [-0.25, -0.2) is 0 Å². The van der Waals surface area contributed by atoms with E-state index in [4.69, 9.17) is 5.26 Å². The summed E-state index contributed by atoms with van der Waals surface area (Å²) >= 11 is 0. The Morgan fingerprint density at radius 1 is 1.50 bits per heavy atom. The third-order valence-electron chi connectivity index (χ3n) is 0.864. The molecule has 0 amide bonds. The Balaban J connectivity index is 3.49. The van der Waals surface area contributed by atoms with Crippen LogP contribution in [-0.4, -0.2) is 11.8 Å². The van der Waals surface area contributed by atoms with Gasteiger partial charge in [-0.2, -0.15) is 5.26 Å². The average Bonchev–Trinajstić information content (AvgIpc) is 1.78. The molecule has 0 fully saturated rings. The molecule has 0 aromatic heterocycles. The van der Waals surface area contributed by atoms with Gasteiger partial charge in [-0.15, -0.1) is 0 Å². The van der Waals surface area contributed by atoms with Gasteiger partial charge in [0.25, 0.3) is 0 Å². The molecule has 0 aromatic carbocycles. The van der Waals surface area contributed by atoms with Crippen molar-refractivity contribution in [1.29, 1.82) is 5.26 Å². The maximum atomic E-state index is 8.18. The molecule has 0 aliphatic heterocycles. The molecule has 0 aliphatic carbocycles. The lowest BCUT2D eigenvalue weighted by Gasteiger charge is -2.09. The Hall–Kier alpha value is -0.840. The Morgan fingerprint density at radius 3 is 2.50 bits per heavy atom. The standard InChI is InChI=1S/C8H14N2/c1-8(2,3)10-7-5-4-6-9/h7H,4-5H2,1-3H3/b10-7-. The van der Waals surface area contributed by atoms with Crippen molar-refractivity contribution in [3.8, 4) is 6.07 Å². The first-order valence-electron chi connectivity index (χ1n) is 3.47. The summed E-state index contributed by atoms with van der Waals surface area (Å²) in [4.78, 5) is 4.22. The van der Waals surface area contributed by atoms with Crippen LogP contribution in [0.4, 0.5) is 0 Å².